The quantitative estimate of drug-likeness (QED) is 0.686. The second-order valence-corrected chi connectivity index (χ2v) is 3.70. The Bertz CT molecular complexity index is 734. The number of hydrogen-bond acceptors (Lipinski definition) is 3. The molecule has 3 aromatic rings. The number of aromatic nitrogens is 3. The van der Waals surface area contributed by atoms with Crippen LogP contribution in [-0.2, 0) is 0 Å². The molecule has 0 amide bonds. The molecule has 17 heavy (non-hydrogen) atoms. The van der Waals surface area contributed by atoms with E-state index in [1.807, 2.05) is 30.3 Å². The summed E-state index contributed by atoms with van der Waals surface area (Å²) in [5.74, 6) is 0. The van der Waals surface area contributed by atoms with E-state index in [9.17, 15) is 4.79 Å². The van der Waals surface area contributed by atoms with Gasteiger partial charge in [-0.25, -0.2) is 0 Å². The van der Waals surface area contributed by atoms with Crippen LogP contribution in [0.15, 0.2) is 53.6 Å². The average molecular weight is 223 g/mol. The summed E-state index contributed by atoms with van der Waals surface area (Å²) in [5.41, 5.74) is 1.92. The van der Waals surface area contributed by atoms with Crippen molar-refractivity contribution in [2.45, 2.75) is 0 Å². The molecule has 0 saturated carbocycles. The Kier molecular flexibility index (Phi) is 2.19. The fourth-order valence-electron chi connectivity index (χ4n) is 1.76. The number of aromatic amines is 1. The lowest BCUT2D eigenvalue weighted by atomic mass is 10.1. The van der Waals surface area contributed by atoms with Crippen molar-refractivity contribution in [3.63, 3.8) is 0 Å². The van der Waals surface area contributed by atoms with Crippen LogP contribution in [0.5, 0.6) is 0 Å². The summed E-state index contributed by atoms with van der Waals surface area (Å²) in [6.45, 7) is 0. The van der Waals surface area contributed by atoms with Crippen LogP contribution in [0, 0.1) is 0 Å². The van der Waals surface area contributed by atoms with Crippen molar-refractivity contribution < 1.29 is 0 Å². The fourth-order valence-corrected chi connectivity index (χ4v) is 1.76. The van der Waals surface area contributed by atoms with Crippen LogP contribution in [0.25, 0.3) is 22.2 Å². The SMILES string of the molecule is O=c1cc[nH]nc1-c1cnc2ccccc2c1. The second kappa shape index (κ2) is 3.83. The van der Waals surface area contributed by atoms with E-state index in [0.717, 1.165) is 16.5 Å². The molecule has 82 valence electrons. The number of nitrogens with one attached hydrogen (secondary N) is 1. The normalized spacial score (nSPS) is 10.6. The summed E-state index contributed by atoms with van der Waals surface area (Å²) in [7, 11) is 0. The highest BCUT2D eigenvalue weighted by molar-refractivity contribution is 5.82. The van der Waals surface area contributed by atoms with Gasteiger partial charge in [-0.2, -0.15) is 5.10 Å². The molecular formula is C13H9N3O. The predicted octanol–water partition coefficient (Wildman–Crippen LogP) is 1.99. The van der Waals surface area contributed by atoms with E-state index in [2.05, 4.69) is 15.2 Å². The lowest BCUT2D eigenvalue weighted by Gasteiger charge is -2.01. The summed E-state index contributed by atoms with van der Waals surface area (Å²) in [4.78, 5) is 16.0. The van der Waals surface area contributed by atoms with E-state index in [1.165, 1.54) is 12.3 Å². The standard InChI is InChI=1S/C13H9N3O/c17-12-5-6-15-16-13(12)10-7-9-3-1-2-4-11(9)14-8-10/h1-8H,(H,15,17). The molecule has 0 aliphatic heterocycles. The van der Waals surface area contributed by atoms with E-state index in [0.29, 0.717) is 5.69 Å². The van der Waals surface area contributed by atoms with Gasteiger partial charge in [-0.3, -0.25) is 14.9 Å². The van der Waals surface area contributed by atoms with Crippen molar-refractivity contribution in [1.29, 1.82) is 0 Å². The molecule has 0 aliphatic carbocycles. The van der Waals surface area contributed by atoms with Gasteiger partial charge in [-0.1, -0.05) is 18.2 Å². The minimum Gasteiger partial charge on any atom is -0.287 e. The average Bonchev–Trinajstić information content (AvgIpc) is 2.39. The van der Waals surface area contributed by atoms with Gasteiger partial charge in [0.25, 0.3) is 0 Å². The molecule has 0 aliphatic rings. The molecule has 2 aromatic heterocycles. The third kappa shape index (κ3) is 1.69. The minimum atomic E-state index is -0.110. The fraction of sp³-hybridized carbons (Fsp3) is 0. The molecule has 0 bridgehead atoms. The van der Waals surface area contributed by atoms with Crippen LogP contribution >= 0.6 is 0 Å². The molecular weight excluding hydrogens is 214 g/mol. The molecule has 0 atom stereocenters. The number of H-pyrrole nitrogens is 1. The maximum Gasteiger partial charge on any atom is 0.208 e. The predicted molar refractivity (Wildman–Crippen MR) is 65.6 cm³/mol. The van der Waals surface area contributed by atoms with Gasteiger partial charge in [0.15, 0.2) is 0 Å². The summed E-state index contributed by atoms with van der Waals surface area (Å²) in [5, 5.41) is 7.64. The number of rotatable bonds is 1. The number of para-hydroxylation sites is 1. The third-order valence-electron chi connectivity index (χ3n) is 2.58. The number of pyridine rings is 1. The molecule has 0 saturated heterocycles. The summed E-state index contributed by atoms with van der Waals surface area (Å²) in [6, 6.07) is 11.1. The minimum absolute atomic E-state index is 0.110. The van der Waals surface area contributed by atoms with Crippen molar-refractivity contribution in [1.82, 2.24) is 15.2 Å². The molecule has 0 radical (unpaired) electrons. The lowest BCUT2D eigenvalue weighted by molar-refractivity contribution is 1.02. The summed E-state index contributed by atoms with van der Waals surface area (Å²) in [6.07, 6.45) is 3.18. The van der Waals surface area contributed by atoms with Crippen LogP contribution in [0.3, 0.4) is 0 Å². The highest BCUT2D eigenvalue weighted by Gasteiger charge is 2.05. The van der Waals surface area contributed by atoms with Crippen molar-refractivity contribution in [2.24, 2.45) is 0 Å². The number of benzene rings is 1. The molecule has 2 heterocycles. The molecule has 0 unspecified atom stereocenters. The molecule has 4 heteroatoms. The van der Waals surface area contributed by atoms with E-state index < -0.39 is 0 Å². The van der Waals surface area contributed by atoms with Gasteiger partial charge in [0.1, 0.15) is 5.69 Å². The van der Waals surface area contributed by atoms with Crippen LogP contribution in [-0.4, -0.2) is 15.2 Å². The highest BCUT2D eigenvalue weighted by atomic mass is 16.1. The number of fused-ring (bicyclic) bond motifs is 1. The Morgan fingerprint density at radius 3 is 2.88 bits per heavy atom. The Labute approximate surface area is 97.0 Å². The summed E-state index contributed by atoms with van der Waals surface area (Å²) < 4.78 is 0. The Hall–Kier alpha value is -2.49. The van der Waals surface area contributed by atoms with Crippen molar-refractivity contribution in [3.05, 3.63) is 59.0 Å². The molecule has 3 rings (SSSR count). The zero-order valence-electron chi connectivity index (χ0n) is 8.92. The Balaban J connectivity index is 2.25. The van der Waals surface area contributed by atoms with Crippen LogP contribution in [0.4, 0.5) is 0 Å². The maximum atomic E-state index is 11.6. The zero-order chi connectivity index (χ0) is 11.7. The summed E-state index contributed by atoms with van der Waals surface area (Å²) >= 11 is 0. The van der Waals surface area contributed by atoms with Gasteiger partial charge in [-0.15, -0.1) is 0 Å². The van der Waals surface area contributed by atoms with Crippen LogP contribution < -0.4 is 5.43 Å². The smallest absolute Gasteiger partial charge is 0.208 e. The first-order valence-corrected chi connectivity index (χ1v) is 5.24. The van der Waals surface area contributed by atoms with Crippen LogP contribution in [0.2, 0.25) is 0 Å². The van der Waals surface area contributed by atoms with Crippen LogP contribution in [0.1, 0.15) is 0 Å². The van der Waals surface area contributed by atoms with Crippen molar-refractivity contribution >= 4 is 10.9 Å². The van der Waals surface area contributed by atoms with Crippen molar-refractivity contribution in [2.75, 3.05) is 0 Å². The van der Waals surface area contributed by atoms with Gasteiger partial charge in [-0.05, 0) is 12.1 Å². The van der Waals surface area contributed by atoms with E-state index in [1.54, 1.807) is 6.20 Å². The lowest BCUT2D eigenvalue weighted by Crippen LogP contribution is -2.06. The number of hydrogen-bond donors (Lipinski definition) is 1. The van der Waals surface area contributed by atoms with Gasteiger partial charge in [0.2, 0.25) is 5.43 Å². The van der Waals surface area contributed by atoms with Gasteiger partial charge in [0.05, 0.1) is 5.52 Å². The number of nitrogens with zero attached hydrogens (tertiary/aromatic N) is 2. The third-order valence-corrected chi connectivity index (χ3v) is 2.58. The van der Waals surface area contributed by atoms with E-state index in [4.69, 9.17) is 0 Å². The monoisotopic (exact) mass is 223 g/mol. The first kappa shape index (κ1) is 9.72. The van der Waals surface area contributed by atoms with Gasteiger partial charge in [0, 0.05) is 29.4 Å². The van der Waals surface area contributed by atoms with E-state index >= 15 is 0 Å². The Morgan fingerprint density at radius 1 is 1.12 bits per heavy atom. The Morgan fingerprint density at radius 2 is 2.00 bits per heavy atom. The largest absolute Gasteiger partial charge is 0.287 e. The molecule has 1 N–H and O–H groups in total. The van der Waals surface area contributed by atoms with Crippen molar-refractivity contribution in [3.8, 4) is 11.3 Å². The molecule has 0 fully saturated rings. The second-order valence-electron chi connectivity index (χ2n) is 3.70. The van der Waals surface area contributed by atoms with E-state index in [-0.39, 0.29) is 5.43 Å². The van der Waals surface area contributed by atoms with Gasteiger partial charge >= 0.3 is 0 Å². The van der Waals surface area contributed by atoms with Gasteiger partial charge < -0.3 is 0 Å². The molecule has 1 aromatic carbocycles. The topological polar surface area (TPSA) is 58.6 Å². The maximum absolute atomic E-state index is 11.6. The first-order valence-electron chi connectivity index (χ1n) is 5.24. The highest BCUT2D eigenvalue weighted by Crippen LogP contribution is 2.17. The molecule has 0 spiro atoms. The zero-order valence-corrected chi connectivity index (χ0v) is 8.92. The first-order chi connectivity index (χ1) is 8.34. The molecule has 4 nitrogen and oxygen atoms in total.